The van der Waals surface area contributed by atoms with Gasteiger partial charge in [-0.15, -0.1) is 0 Å². The van der Waals surface area contributed by atoms with Crippen LogP contribution in [0.2, 0.25) is 0 Å². The van der Waals surface area contributed by atoms with E-state index in [4.69, 9.17) is 10.2 Å². The van der Waals surface area contributed by atoms with Crippen LogP contribution in [0.3, 0.4) is 0 Å². The van der Waals surface area contributed by atoms with Gasteiger partial charge in [-0.2, -0.15) is 0 Å². The number of carbonyl (C=O) groups is 2. The highest BCUT2D eigenvalue weighted by Crippen LogP contribution is 2.33. The number of carboxylic acids is 1. The highest BCUT2D eigenvalue weighted by Gasteiger charge is 2.43. The summed E-state index contributed by atoms with van der Waals surface area (Å²) in [6, 6.07) is -0.882. The van der Waals surface area contributed by atoms with E-state index in [0.29, 0.717) is 13.0 Å². The van der Waals surface area contributed by atoms with Crippen LogP contribution in [0.1, 0.15) is 20.3 Å². The van der Waals surface area contributed by atoms with Crippen LogP contribution >= 0.6 is 0 Å². The van der Waals surface area contributed by atoms with Crippen molar-refractivity contribution in [2.45, 2.75) is 26.3 Å². The fraction of sp³-hybridized carbons (Fsp3) is 0.750. The molecule has 5 nitrogen and oxygen atoms in total. The maximum atomic E-state index is 10.7. The number of rotatable bonds is 1. The van der Waals surface area contributed by atoms with Crippen molar-refractivity contribution in [3.05, 3.63) is 0 Å². The van der Waals surface area contributed by atoms with Crippen molar-refractivity contribution in [3.63, 3.8) is 0 Å². The molecule has 1 aliphatic rings. The molecule has 1 saturated heterocycles. The molecule has 2 N–H and O–H groups in total. The van der Waals surface area contributed by atoms with Gasteiger partial charge in [0.25, 0.3) is 0 Å². The molecule has 1 heterocycles. The second-order valence-electron chi connectivity index (χ2n) is 4.13. The van der Waals surface area contributed by atoms with E-state index in [-0.39, 0.29) is 5.41 Å². The Hall–Kier alpha value is -1.26. The third kappa shape index (κ3) is 1.91. The van der Waals surface area contributed by atoms with Crippen LogP contribution in [0, 0.1) is 5.41 Å². The molecule has 0 aliphatic carbocycles. The Morgan fingerprint density at radius 1 is 1.38 bits per heavy atom. The quantitative estimate of drug-likeness (QED) is 0.637. The van der Waals surface area contributed by atoms with Crippen LogP contribution in [0.15, 0.2) is 0 Å². The molecule has 1 amide bonds. The predicted octanol–water partition coefficient (Wildman–Crippen LogP) is 0.850. The summed E-state index contributed by atoms with van der Waals surface area (Å²) >= 11 is 0. The van der Waals surface area contributed by atoms with Gasteiger partial charge in [-0.3, -0.25) is 4.90 Å². The van der Waals surface area contributed by atoms with Crippen molar-refractivity contribution < 1.29 is 19.8 Å². The molecule has 1 fully saturated rings. The normalized spacial score (nSPS) is 26.0. The number of hydrogen-bond acceptors (Lipinski definition) is 2. The summed E-state index contributed by atoms with van der Waals surface area (Å²) in [7, 11) is 0. The number of carboxylic acid groups (broad SMARTS) is 2. The van der Waals surface area contributed by atoms with Crippen molar-refractivity contribution in [1.29, 1.82) is 0 Å². The molecule has 0 aromatic heterocycles. The van der Waals surface area contributed by atoms with Gasteiger partial charge in [-0.25, -0.2) is 9.59 Å². The lowest BCUT2D eigenvalue weighted by molar-refractivity contribution is -0.141. The molecule has 0 radical (unpaired) electrons. The first-order valence-corrected chi connectivity index (χ1v) is 4.06. The summed E-state index contributed by atoms with van der Waals surface area (Å²) in [6.07, 6.45) is -0.771. The van der Waals surface area contributed by atoms with E-state index in [2.05, 4.69) is 0 Å². The predicted molar refractivity (Wildman–Crippen MR) is 44.6 cm³/mol. The van der Waals surface area contributed by atoms with Gasteiger partial charge < -0.3 is 10.2 Å². The molecule has 13 heavy (non-hydrogen) atoms. The molecule has 1 atom stereocenters. The van der Waals surface area contributed by atoms with E-state index in [1.807, 2.05) is 13.8 Å². The van der Waals surface area contributed by atoms with E-state index in [1.165, 1.54) is 0 Å². The van der Waals surface area contributed by atoms with Gasteiger partial charge in [0.15, 0.2) is 0 Å². The molecular formula is C8H13NO4. The minimum absolute atomic E-state index is 0.235. The lowest BCUT2D eigenvalue weighted by Gasteiger charge is -2.18. The minimum atomic E-state index is -1.15. The van der Waals surface area contributed by atoms with Crippen molar-refractivity contribution in [2.24, 2.45) is 5.41 Å². The summed E-state index contributed by atoms with van der Waals surface area (Å²) < 4.78 is 0. The van der Waals surface area contributed by atoms with Crippen LogP contribution in [0.25, 0.3) is 0 Å². The van der Waals surface area contributed by atoms with Gasteiger partial charge in [-0.1, -0.05) is 13.8 Å². The molecule has 0 aromatic rings. The highest BCUT2D eigenvalue weighted by atomic mass is 16.4. The molecule has 5 heteroatoms. The van der Waals surface area contributed by atoms with Crippen LogP contribution in [0.5, 0.6) is 0 Å². The van der Waals surface area contributed by atoms with Gasteiger partial charge in [0.2, 0.25) is 0 Å². The SMILES string of the molecule is CC1(C)C[C@H](C(=O)O)N(C(=O)O)C1. The van der Waals surface area contributed by atoms with Crippen LogP contribution in [-0.4, -0.2) is 39.8 Å². The Morgan fingerprint density at radius 3 is 2.23 bits per heavy atom. The molecule has 0 saturated carbocycles. The van der Waals surface area contributed by atoms with Crippen molar-refractivity contribution in [3.8, 4) is 0 Å². The zero-order valence-electron chi connectivity index (χ0n) is 7.65. The average molecular weight is 187 g/mol. The first kappa shape index (κ1) is 9.83. The Balaban J connectivity index is 2.83. The third-order valence-electron chi connectivity index (χ3n) is 2.25. The van der Waals surface area contributed by atoms with Gasteiger partial charge in [0, 0.05) is 6.54 Å². The lowest BCUT2D eigenvalue weighted by atomic mass is 9.91. The second kappa shape index (κ2) is 2.90. The Labute approximate surface area is 76.0 Å². The third-order valence-corrected chi connectivity index (χ3v) is 2.25. The number of likely N-dealkylation sites (tertiary alicyclic amines) is 1. The maximum absolute atomic E-state index is 10.7. The molecule has 1 aliphatic heterocycles. The standard InChI is InChI=1S/C8H13NO4/c1-8(2)3-5(6(10)11)9(4-8)7(12)13/h5H,3-4H2,1-2H3,(H,10,11)(H,12,13)/t5-/m1/s1. The summed E-state index contributed by atoms with van der Waals surface area (Å²) in [4.78, 5) is 22.4. The van der Waals surface area contributed by atoms with Gasteiger partial charge >= 0.3 is 12.1 Å². The maximum Gasteiger partial charge on any atom is 0.408 e. The number of nitrogens with zero attached hydrogens (tertiary/aromatic N) is 1. The zero-order chi connectivity index (χ0) is 10.2. The topological polar surface area (TPSA) is 77.8 Å². The number of hydrogen-bond donors (Lipinski definition) is 2. The smallest absolute Gasteiger partial charge is 0.408 e. The van der Waals surface area contributed by atoms with Crippen LogP contribution in [0.4, 0.5) is 4.79 Å². The molecule has 0 aromatic carbocycles. The molecule has 0 spiro atoms. The Morgan fingerprint density at radius 2 is 1.92 bits per heavy atom. The molecule has 1 rings (SSSR count). The van der Waals surface area contributed by atoms with E-state index < -0.39 is 18.1 Å². The summed E-state index contributed by atoms with van der Waals surface area (Å²) in [5, 5.41) is 17.5. The lowest BCUT2D eigenvalue weighted by Crippen LogP contribution is -2.39. The number of aliphatic carboxylic acids is 1. The van der Waals surface area contributed by atoms with Crippen LogP contribution in [-0.2, 0) is 4.79 Å². The molecule has 74 valence electrons. The number of amides is 1. The van der Waals surface area contributed by atoms with Gasteiger partial charge in [0.1, 0.15) is 6.04 Å². The van der Waals surface area contributed by atoms with Crippen molar-refractivity contribution >= 4 is 12.1 Å². The Kier molecular flexibility index (Phi) is 2.19. The summed E-state index contributed by atoms with van der Waals surface area (Å²) in [5.74, 6) is -1.06. The van der Waals surface area contributed by atoms with Crippen molar-refractivity contribution in [1.82, 2.24) is 4.90 Å². The second-order valence-corrected chi connectivity index (χ2v) is 4.13. The minimum Gasteiger partial charge on any atom is -0.480 e. The van der Waals surface area contributed by atoms with E-state index in [0.717, 1.165) is 4.90 Å². The molecular weight excluding hydrogens is 174 g/mol. The fourth-order valence-electron chi connectivity index (χ4n) is 1.69. The Bertz CT molecular complexity index is 225. The first-order valence-electron chi connectivity index (χ1n) is 4.06. The monoisotopic (exact) mass is 187 g/mol. The molecule has 0 unspecified atom stereocenters. The van der Waals surface area contributed by atoms with Crippen LogP contribution < -0.4 is 0 Å². The van der Waals surface area contributed by atoms with E-state index in [9.17, 15) is 9.59 Å². The van der Waals surface area contributed by atoms with Crippen molar-refractivity contribution in [2.75, 3.05) is 6.54 Å². The average Bonchev–Trinajstić information content (AvgIpc) is 2.26. The zero-order valence-corrected chi connectivity index (χ0v) is 7.65. The van der Waals surface area contributed by atoms with Gasteiger partial charge in [0.05, 0.1) is 0 Å². The molecule has 0 bridgehead atoms. The summed E-state index contributed by atoms with van der Waals surface area (Å²) in [5.41, 5.74) is -0.235. The largest absolute Gasteiger partial charge is 0.480 e. The van der Waals surface area contributed by atoms with E-state index in [1.54, 1.807) is 0 Å². The summed E-state index contributed by atoms with van der Waals surface area (Å²) in [6.45, 7) is 4.02. The highest BCUT2D eigenvalue weighted by molar-refractivity contribution is 5.80. The fourth-order valence-corrected chi connectivity index (χ4v) is 1.69. The first-order chi connectivity index (χ1) is 5.83. The van der Waals surface area contributed by atoms with Gasteiger partial charge in [-0.05, 0) is 11.8 Å². The van der Waals surface area contributed by atoms with E-state index >= 15 is 0 Å².